The Morgan fingerprint density at radius 1 is 1.11 bits per heavy atom. The summed E-state index contributed by atoms with van der Waals surface area (Å²) in [5.41, 5.74) is 2.97. The monoisotopic (exact) mass is 524 g/mol. The number of halogens is 1. The number of carbonyl (C=O) groups excluding carboxylic acids is 2. The van der Waals surface area contributed by atoms with E-state index in [9.17, 15) is 19.1 Å². The second-order valence-corrected chi connectivity index (χ2v) is 9.81. The van der Waals surface area contributed by atoms with Crippen LogP contribution < -0.4 is 5.32 Å². The summed E-state index contributed by atoms with van der Waals surface area (Å²) in [5.74, 6) is -0.0305. The van der Waals surface area contributed by atoms with E-state index in [1.807, 2.05) is 23.1 Å². The van der Waals surface area contributed by atoms with Crippen LogP contribution in [0.5, 0.6) is 0 Å². The van der Waals surface area contributed by atoms with Crippen LogP contribution in [0.15, 0.2) is 54.6 Å². The number of ether oxygens (including phenoxy) is 1. The van der Waals surface area contributed by atoms with E-state index < -0.39 is 0 Å². The number of H-pyrrole nitrogens is 1. The first-order valence-corrected chi connectivity index (χ1v) is 13.3. The average Bonchev–Trinajstić information content (AvgIpc) is 3.35. The summed E-state index contributed by atoms with van der Waals surface area (Å²) in [6, 6.07) is 16.2. The van der Waals surface area contributed by atoms with Gasteiger partial charge in [0.15, 0.2) is 0 Å². The molecule has 3 aromatic rings. The molecule has 1 fully saturated rings. The van der Waals surface area contributed by atoms with Crippen LogP contribution in [0.1, 0.15) is 30.5 Å². The van der Waals surface area contributed by atoms with Gasteiger partial charge < -0.3 is 29.9 Å². The topological polar surface area (TPSA) is 97.9 Å². The van der Waals surface area contributed by atoms with Gasteiger partial charge in [0.2, 0.25) is 5.91 Å². The smallest absolute Gasteiger partial charge is 0.320 e. The quantitative estimate of drug-likeness (QED) is 0.337. The van der Waals surface area contributed by atoms with Gasteiger partial charge >= 0.3 is 6.03 Å². The molecule has 3 amide bonds. The van der Waals surface area contributed by atoms with E-state index in [2.05, 4.69) is 22.4 Å². The summed E-state index contributed by atoms with van der Waals surface area (Å²) in [6.07, 6.45) is 3.33. The number of carbonyl (C=O) groups is 2. The van der Waals surface area contributed by atoms with E-state index in [1.165, 1.54) is 12.1 Å². The van der Waals surface area contributed by atoms with Crippen molar-refractivity contribution in [3.63, 3.8) is 0 Å². The van der Waals surface area contributed by atoms with Crippen LogP contribution in [-0.4, -0.2) is 77.8 Å². The number of aliphatic hydroxyl groups excluding tert-OH is 1. The molecular weight excluding hydrogens is 487 g/mol. The third kappa shape index (κ3) is 8.03. The lowest BCUT2D eigenvalue weighted by molar-refractivity contribution is -0.126. The van der Waals surface area contributed by atoms with Crippen molar-refractivity contribution >= 4 is 22.8 Å². The maximum Gasteiger partial charge on any atom is 0.320 e. The van der Waals surface area contributed by atoms with Crippen molar-refractivity contribution in [2.24, 2.45) is 5.92 Å². The minimum atomic E-state index is -0.300. The van der Waals surface area contributed by atoms with Crippen LogP contribution in [0, 0.1) is 11.7 Å². The molecule has 0 radical (unpaired) electrons. The van der Waals surface area contributed by atoms with Crippen molar-refractivity contribution < 1.29 is 23.8 Å². The molecule has 4 rings (SSSR count). The predicted molar refractivity (Wildman–Crippen MR) is 144 cm³/mol. The van der Waals surface area contributed by atoms with Gasteiger partial charge in [0.25, 0.3) is 0 Å². The molecule has 2 aromatic carbocycles. The summed E-state index contributed by atoms with van der Waals surface area (Å²) in [7, 11) is 0. The van der Waals surface area contributed by atoms with Crippen molar-refractivity contribution in [2.45, 2.75) is 32.3 Å². The number of para-hydroxylation sites is 1. The van der Waals surface area contributed by atoms with E-state index in [0.717, 1.165) is 41.4 Å². The van der Waals surface area contributed by atoms with E-state index in [0.29, 0.717) is 45.1 Å². The highest BCUT2D eigenvalue weighted by Crippen LogP contribution is 2.21. The molecule has 1 saturated heterocycles. The van der Waals surface area contributed by atoms with E-state index in [4.69, 9.17) is 4.74 Å². The van der Waals surface area contributed by atoms with Crippen LogP contribution in [-0.2, 0) is 22.6 Å². The number of hydrogen-bond donors (Lipinski definition) is 3. The zero-order valence-corrected chi connectivity index (χ0v) is 21.7. The van der Waals surface area contributed by atoms with E-state index in [-0.39, 0.29) is 37.6 Å². The lowest BCUT2D eigenvalue weighted by Gasteiger charge is -2.35. The fourth-order valence-electron chi connectivity index (χ4n) is 4.87. The van der Waals surface area contributed by atoms with Crippen molar-refractivity contribution in [1.82, 2.24) is 20.1 Å². The van der Waals surface area contributed by atoms with Gasteiger partial charge in [-0.2, -0.15) is 0 Å². The maximum absolute atomic E-state index is 13.2. The van der Waals surface area contributed by atoms with Gasteiger partial charge in [0, 0.05) is 50.4 Å². The Hall–Kier alpha value is -3.43. The normalized spacial score (nSPS) is 14.1. The lowest BCUT2D eigenvalue weighted by atomic mass is 9.93. The number of aliphatic hydroxyl groups is 1. The molecule has 2 heterocycles. The highest BCUT2D eigenvalue weighted by atomic mass is 19.1. The standard InChI is InChI=1S/C29H37FN4O4/c30-25-7-5-23(6-8-25)20-38-21-28(36)31-13-9-22-10-14-33(15-11-22)29(37)34(17-18-35)16-12-26-19-24-3-1-2-4-27(24)32-26/h1-8,19,22,32,35H,9-18,20-21H2,(H,31,36). The maximum atomic E-state index is 13.2. The molecule has 3 N–H and O–H groups in total. The van der Waals surface area contributed by atoms with Gasteiger partial charge in [-0.05, 0) is 60.4 Å². The lowest BCUT2D eigenvalue weighted by Crippen LogP contribution is -2.48. The number of benzene rings is 2. The van der Waals surface area contributed by atoms with Gasteiger partial charge in [-0.25, -0.2) is 9.18 Å². The van der Waals surface area contributed by atoms with Gasteiger partial charge in [0.1, 0.15) is 12.4 Å². The Labute approximate surface area is 222 Å². The molecule has 0 bridgehead atoms. The Kier molecular flexibility index (Phi) is 10.1. The van der Waals surface area contributed by atoms with Crippen LogP contribution in [0.25, 0.3) is 10.9 Å². The van der Waals surface area contributed by atoms with E-state index in [1.54, 1.807) is 17.0 Å². The van der Waals surface area contributed by atoms with Crippen LogP contribution in [0.3, 0.4) is 0 Å². The number of likely N-dealkylation sites (tertiary alicyclic amines) is 1. The number of fused-ring (bicyclic) bond motifs is 1. The zero-order valence-electron chi connectivity index (χ0n) is 21.7. The number of aromatic amines is 1. The molecular formula is C29H37FN4O4. The minimum Gasteiger partial charge on any atom is -0.395 e. The first-order chi connectivity index (χ1) is 18.5. The highest BCUT2D eigenvalue weighted by Gasteiger charge is 2.26. The van der Waals surface area contributed by atoms with Gasteiger partial charge in [-0.15, -0.1) is 0 Å². The summed E-state index contributed by atoms with van der Waals surface area (Å²) in [6.45, 7) is 2.92. The summed E-state index contributed by atoms with van der Waals surface area (Å²) in [5, 5.41) is 13.6. The van der Waals surface area contributed by atoms with Crippen LogP contribution in [0.2, 0.25) is 0 Å². The first-order valence-electron chi connectivity index (χ1n) is 13.3. The van der Waals surface area contributed by atoms with Crippen molar-refractivity contribution in [3.05, 3.63) is 71.7 Å². The molecule has 1 aliphatic rings. The molecule has 9 heteroatoms. The number of piperidine rings is 1. The molecule has 0 spiro atoms. The third-order valence-electron chi connectivity index (χ3n) is 7.05. The van der Waals surface area contributed by atoms with E-state index >= 15 is 0 Å². The molecule has 1 aromatic heterocycles. The van der Waals surface area contributed by atoms with Gasteiger partial charge in [-0.3, -0.25) is 4.79 Å². The number of urea groups is 1. The van der Waals surface area contributed by atoms with Crippen molar-refractivity contribution in [3.8, 4) is 0 Å². The molecule has 0 aliphatic carbocycles. The predicted octanol–water partition coefficient (Wildman–Crippen LogP) is 3.70. The fourth-order valence-corrected chi connectivity index (χ4v) is 4.87. The molecule has 0 unspecified atom stereocenters. The van der Waals surface area contributed by atoms with Crippen LogP contribution in [0.4, 0.5) is 9.18 Å². The SMILES string of the molecule is O=C(COCc1ccc(F)cc1)NCCC1CCN(C(=O)N(CCO)CCc2cc3ccccc3[nH]2)CC1. The number of rotatable bonds is 12. The second-order valence-electron chi connectivity index (χ2n) is 9.81. The fraction of sp³-hybridized carbons (Fsp3) is 0.448. The van der Waals surface area contributed by atoms with Crippen molar-refractivity contribution in [1.29, 1.82) is 0 Å². The second kappa shape index (κ2) is 13.9. The molecule has 204 valence electrons. The Morgan fingerprint density at radius 3 is 2.61 bits per heavy atom. The average molecular weight is 525 g/mol. The number of nitrogens with zero attached hydrogens (tertiary/aromatic N) is 2. The Morgan fingerprint density at radius 2 is 1.87 bits per heavy atom. The molecule has 1 aliphatic heterocycles. The molecule has 0 saturated carbocycles. The molecule has 8 nitrogen and oxygen atoms in total. The number of hydrogen-bond acceptors (Lipinski definition) is 4. The molecule has 0 atom stereocenters. The highest BCUT2D eigenvalue weighted by molar-refractivity contribution is 5.80. The largest absolute Gasteiger partial charge is 0.395 e. The number of amides is 3. The number of nitrogens with one attached hydrogen (secondary N) is 2. The minimum absolute atomic E-state index is 0.0276. The summed E-state index contributed by atoms with van der Waals surface area (Å²) >= 11 is 0. The summed E-state index contributed by atoms with van der Waals surface area (Å²) < 4.78 is 18.3. The van der Waals surface area contributed by atoms with Gasteiger partial charge in [0.05, 0.1) is 13.2 Å². The zero-order chi connectivity index (χ0) is 26.7. The summed E-state index contributed by atoms with van der Waals surface area (Å²) in [4.78, 5) is 32.2. The van der Waals surface area contributed by atoms with Crippen molar-refractivity contribution in [2.75, 3.05) is 45.9 Å². The Bertz CT molecular complexity index is 1140. The Balaban J connectivity index is 1.13. The first kappa shape index (κ1) is 27.6. The van der Waals surface area contributed by atoms with Crippen LogP contribution >= 0.6 is 0 Å². The van der Waals surface area contributed by atoms with Gasteiger partial charge in [-0.1, -0.05) is 30.3 Å². The number of aromatic nitrogens is 1. The molecule has 38 heavy (non-hydrogen) atoms. The third-order valence-corrected chi connectivity index (χ3v) is 7.05.